The second-order valence-electron chi connectivity index (χ2n) is 7.30. The van der Waals surface area contributed by atoms with Crippen molar-refractivity contribution in [1.82, 2.24) is 0 Å². The molecule has 25 heavy (non-hydrogen) atoms. The Morgan fingerprint density at radius 2 is 1.96 bits per heavy atom. The van der Waals surface area contributed by atoms with Crippen molar-refractivity contribution in [3.8, 4) is 5.75 Å². The van der Waals surface area contributed by atoms with Gasteiger partial charge in [-0.1, -0.05) is 37.3 Å². The average Bonchev–Trinajstić information content (AvgIpc) is 3.29. The fourth-order valence-corrected chi connectivity index (χ4v) is 3.18. The lowest BCUT2D eigenvalue weighted by atomic mass is 9.85. The summed E-state index contributed by atoms with van der Waals surface area (Å²) in [6.45, 7) is 2.51. The summed E-state index contributed by atoms with van der Waals surface area (Å²) in [6, 6.07) is 14.2. The summed E-state index contributed by atoms with van der Waals surface area (Å²) in [6.07, 6.45) is 2.99. The molecule has 0 aliphatic heterocycles. The molecule has 0 saturated heterocycles. The van der Waals surface area contributed by atoms with Gasteiger partial charge in [0.1, 0.15) is 18.2 Å². The number of halogens is 1. The standard InChI is InChI=1S/C21H23FO3/c1-21(7-8-21)13-17(11-20(23)24)16-9-18(22)12-19(10-16)25-14-15-5-3-2-4-6-15/h2-6,9-10,12,17H,7-8,11,13-14H2,1H3,(H,23,24)/t17-/m1/s1. The van der Waals surface area contributed by atoms with Crippen LogP contribution < -0.4 is 4.74 Å². The van der Waals surface area contributed by atoms with E-state index in [0.717, 1.165) is 24.8 Å². The topological polar surface area (TPSA) is 46.5 Å². The Balaban J connectivity index is 1.77. The van der Waals surface area contributed by atoms with E-state index in [1.807, 2.05) is 30.3 Å². The Labute approximate surface area is 147 Å². The van der Waals surface area contributed by atoms with E-state index in [9.17, 15) is 14.3 Å². The highest BCUT2D eigenvalue weighted by molar-refractivity contribution is 5.68. The third-order valence-electron chi connectivity index (χ3n) is 4.88. The Bertz CT molecular complexity index is 738. The van der Waals surface area contributed by atoms with Crippen molar-refractivity contribution in [2.45, 2.75) is 45.1 Å². The van der Waals surface area contributed by atoms with Gasteiger partial charge in [-0.2, -0.15) is 0 Å². The lowest BCUT2D eigenvalue weighted by Gasteiger charge is -2.20. The molecule has 0 unspecified atom stereocenters. The van der Waals surface area contributed by atoms with E-state index in [-0.39, 0.29) is 17.8 Å². The maximum atomic E-state index is 14.1. The van der Waals surface area contributed by atoms with Crippen molar-refractivity contribution in [2.75, 3.05) is 0 Å². The van der Waals surface area contributed by atoms with E-state index in [2.05, 4.69) is 6.92 Å². The number of carboxylic acids is 1. The maximum Gasteiger partial charge on any atom is 0.303 e. The Morgan fingerprint density at radius 3 is 2.60 bits per heavy atom. The normalized spacial score (nSPS) is 16.2. The van der Waals surface area contributed by atoms with Gasteiger partial charge in [-0.25, -0.2) is 4.39 Å². The Morgan fingerprint density at radius 1 is 1.24 bits per heavy atom. The van der Waals surface area contributed by atoms with Crippen molar-refractivity contribution in [1.29, 1.82) is 0 Å². The molecule has 4 heteroatoms. The Hall–Kier alpha value is -2.36. The number of carbonyl (C=O) groups is 1. The van der Waals surface area contributed by atoms with Crippen molar-refractivity contribution < 1.29 is 19.0 Å². The number of ether oxygens (including phenoxy) is 1. The van der Waals surface area contributed by atoms with Crippen molar-refractivity contribution in [3.05, 3.63) is 65.5 Å². The number of hydrogen-bond acceptors (Lipinski definition) is 2. The van der Waals surface area contributed by atoms with Gasteiger partial charge < -0.3 is 9.84 Å². The molecule has 3 nitrogen and oxygen atoms in total. The summed E-state index contributed by atoms with van der Waals surface area (Å²) in [5.41, 5.74) is 1.90. The molecule has 1 atom stereocenters. The van der Waals surface area contributed by atoms with Gasteiger partial charge >= 0.3 is 5.97 Å². The predicted molar refractivity (Wildman–Crippen MR) is 94.1 cm³/mol. The molecule has 132 valence electrons. The van der Waals surface area contributed by atoms with Crippen LogP contribution in [0.3, 0.4) is 0 Å². The number of rotatable bonds is 8. The van der Waals surface area contributed by atoms with Gasteiger partial charge in [0.05, 0.1) is 6.42 Å². The van der Waals surface area contributed by atoms with Gasteiger partial charge in [-0.05, 0) is 53.9 Å². The van der Waals surface area contributed by atoms with Gasteiger partial charge in [0, 0.05) is 6.07 Å². The summed E-state index contributed by atoms with van der Waals surface area (Å²) < 4.78 is 19.8. The van der Waals surface area contributed by atoms with Crippen LogP contribution in [0.4, 0.5) is 4.39 Å². The van der Waals surface area contributed by atoms with E-state index in [0.29, 0.717) is 17.9 Å². The second kappa shape index (κ2) is 7.26. The van der Waals surface area contributed by atoms with Crippen LogP contribution in [0.25, 0.3) is 0 Å². The Kier molecular flexibility index (Phi) is 5.07. The molecule has 1 aliphatic carbocycles. The SMILES string of the molecule is CC1(C[C@@H](CC(=O)O)c2cc(F)cc(OCc3ccccc3)c2)CC1. The maximum absolute atomic E-state index is 14.1. The summed E-state index contributed by atoms with van der Waals surface area (Å²) in [4.78, 5) is 11.2. The van der Waals surface area contributed by atoms with E-state index in [1.165, 1.54) is 12.1 Å². The number of carboxylic acid groups (broad SMARTS) is 1. The number of aliphatic carboxylic acids is 1. The van der Waals surface area contributed by atoms with Crippen LogP contribution in [0, 0.1) is 11.2 Å². The molecule has 3 rings (SSSR count). The zero-order valence-electron chi connectivity index (χ0n) is 14.4. The lowest BCUT2D eigenvalue weighted by Crippen LogP contribution is -2.11. The summed E-state index contributed by atoms with van der Waals surface area (Å²) >= 11 is 0. The second-order valence-corrected chi connectivity index (χ2v) is 7.30. The van der Waals surface area contributed by atoms with E-state index in [1.54, 1.807) is 6.07 Å². The molecular formula is C21H23FO3. The lowest BCUT2D eigenvalue weighted by molar-refractivity contribution is -0.137. The highest BCUT2D eigenvalue weighted by Crippen LogP contribution is 2.52. The van der Waals surface area contributed by atoms with Gasteiger partial charge in [0.15, 0.2) is 0 Å². The van der Waals surface area contributed by atoms with Crippen LogP contribution in [0.2, 0.25) is 0 Å². The van der Waals surface area contributed by atoms with E-state index < -0.39 is 11.8 Å². The molecule has 0 amide bonds. The fraction of sp³-hybridized carbons (Fsp3) is 0.381. The van der Waals surface area contributed by atoms with Crippen LogP contribution >= 0.6 is 0 Å². The molecule has 2 aromatic rings. The molecule has 2 aromatic carbocycles. The highest BCUT2D eigenvalue weighted by atomic mass is 19.1. The molecule has 0 aromatic heterocycles. The predicted octanol–water partition coefficient (Wildman–Crippen LogP) is 5.15. The quantitative estimate of drug-likeness (QED) is 0.721. The van der Waals surface area contributed by atoms with Crippen LogP contribution in [0.15, 0.2) is 48.5 Å². The molecule has 0 radical (unpaired) electrons. The first-order valence-electron chi connectivity index (χ1n) is 8.63. The van der Waals surface area contributed by atoms with E-state index in [4.69, 9.17) is 4.74 Å². The van der Waals surface area contributed by atoms with Crippen molar-refractivity contribution in [3.63, 3.8) is 0 Å². The van der Waals surface area contributed by atoms with Gasteiger partial charge in [-0.3, -0.25) is 4.79 Å². The number of benzene rings is 2. The first kappa shape index (κ1) is 17.5. The van der Waals surface area contributed by atoms with Crippen LogP contribution in [0.1, 0.15) is 49.7 Å². The van der Waals surface area contributed by atoms with Gasteiger partial charge in [0.25, 0.3) is 0 Å². The largest absolute Gasteiger partial charge is 0.489 e. The molecule has 0 spiro atoms. The van der Waals surface area contributed by atoms with E-state index >= 15 is 0 Å². The first-order chi connectivity index (χ1) is 11.9. The zero-order valence-corrected chi connectivity index (χ0v) is 14.4. The first-order valence-corrected chi connectivity index (χ1v) is 8.63. The van der Waals surface area contributed by atoms with Crippen LogP contribution in [-0.4, -0.2) is 11.1 Å². The third kappa shape index (κ3) is 5.05. The summed E-state index contributed by atoms with van der Waals surface area (Å²) in [7, 11) is 0. The smallest absolute Gasteiger partial charge is 0.303 e. The highest BCUT2D eigenvalue weighted by Gasteiger charge is 2.40. The molecule has 1 saturated carbocycles. The number of hydrogen-bond donors (Lipinski definition) is 1. The van der Waals surface area contributed by atoms with Crippen molar-refractivity contribution >= 4 is 5.97 Å². The van der Waals surface area contributed by atoms with Gasteiger partial charge in [-0.15, -0.1) is 0 Å². The minimum atomic E-state index is -0.856. The van der Waals surface area contributed by atoms with Crippen LogP contribution in [-0.2, 0) is 11.4 Å². The fourth-order valence-electron chi connectivity index (χ4n) is 3.18. The zero-order chi connectivity index (χ0) is 17.9. The minimum Gasteiger partial charge on any atom is -0.489 e. The molecule has 1 N–H and O–H groups in total. The summed E-state index contributed by atoms with van der Waals surface area (Å²) in [5.74, 6) is -1.00. The monoisotopic (exact) mass is 342 g/mol. The molecule has 0 heterocycles. The minimum absolute atomic E-state index is 0.0111. The molecule has 1 fully saturated rings. The third-order valence-corrected chi connectivity index (χ3v) is 4.88. The molecular weight excluding hydrogens is 319 g/mol. The van der Waals surface area contributed by atoms with Crippen molar-refractivity contribution in [2.24, 2.45) is 5.41 Å². The molecule has 1 aliphatic rings. The molecule has 0 bridgehead atoms. The van der Waals surface area contributed by atoms with Crippen LogP contribution in [0.5, 0.6) is 5.75 Å². The summed E-state index contributed by atoms with van der Waals surface area (Å²) in [5, 5.41) is 9.23. The van der Waals surface area contributed by atoms with Gasteiger partial charge in [0.2, 0.25) is 0 Å². The average molecular weight is 342 g/mol.